The number of aromatic nitrogens is 1. The van der Waals surface area contributed by atoms with Crippen LogP contribution in [0.3, 0.4) is 0 Å². The number of para-hydroxylation sites is 1. The predicted molar refractivity (Wildman–Crippen MR) is 76.6 cm³/mol. The number of fused-ring (bicyclic) bond motifs is 1. The van der Waals surface area contributed by atoms with Gasteiger partial charge in [-0.15, -0.1) is 0 Å². The van der Waals surface area contributed by atoms with Crippen LogP contribution in [0.5, 0.6) is 0 Å². The standard InChI is InChI=1S/C14H15ClN2O3/c1-8(18)17-12(14(19)20-2)6-9-7-16-13-10(9)4-3-5-11(13)15/h3-5,7,12,16H,6H2,1-2H3,(H,17,18)/t12-/m1/s1. The third-order valence-corrected chi connectivity index (χ3v) is 3.35. The molecule has 1 aromatic carbocycles. The first-order valence-corrected chi connectivity index (χ1v) is 6.50. The Morgan fingerprint density at radius 2 is 2.20 bits per heavy atom. The summed E-state index contributed by atoms with van der Waals surface area (Å²) in [6.45, 7) is 1.36. The molecule has 0 spiro atoms. The summed E-state index contributed by atoms with van der Waals surface area (Å²) in [6, 6.07) is 4.83. The molecule has 0 unspecified atom stereocenters. The molecule has 0 aliphatic rings. The van der Waals surface area contributed by atoms with E-state index in [1.165, 1.54) is 14.0 Å². The van der Waals surface area contributed by atoms with Crippen LogP contribution in [0.2, 0.25) is 5.02 Å². The fourth-order valence-electron chi connectivity index (χ4n) is 2.15. The minimum Gasteiger partial charge on any atom is -0.467 e. The van der Waals surface area contributed by atoms with Gasteiger partial charge in [-0.1, -0.05) is 23.7 Å². The van der Waals surface area contributed by atoms with Gasteiger partial charge in [0.1, 0.15) is 6.04 Å². The lowest BCUT2D eigenvalue weighted by Gasteiger charge is -2.14. The van der Waals surface area contributed by atoms with Crippen molar-refractivity contribution in [2.24, 2.45) is 0 Å². The second-order valence-corrected chi connectivity index (χ2v) is 4.86. The Kier molecular flexibility index (Phi) is 4.29. The Labute approximate surface area is 121 Å². The summed E-state index contributed by atoms with van der Waals surface area (Å²) in [5.74, 6) is -0.755. The van der Waals surface area contributed by atoms with Gasteiger partial charge in [-0.05, 0) is 11.6 Å². The number of esters is 1. The third-order valence-electron chi connectivity index (χ3n) is 3.04. The number of amides is 1. The summed E-state index contributed by atoms with van der Waals surface area (Å²) in [5.41, 5.74) is 1.71. The van der Waals surface area contributed by atoms with Gasteiger partial charge in [0.2, 0.25) is 5.91 Å². The number of carbonyl (C=O) groups is 2. The molecule has 2 N–H and O–H groups in total. The van der Waals surface area contributed by atoms with E-state index < -0.39 is 12.0 Å². The second-order valence-electron chi connectivity index (χ2n) is 4.46. The first-order valence-electron chi connectivity index (χ1n) is 6.12. The van der Waals surface area contributed by atoms with Crippen LogP contribution in [0.1, 0.15) is 12.5 Å². The summed E-state index contributed by atoms with van der Waals surface area (Å²) in [4.78, 5) is 26.0. The van der Waals surface area contributed by atoms with Crippen molar-refractivity contribution in [3.8, 4) is 0 Å². The SMILES string of the molecule is COC(=O)[C@@H](Cc1c[nH]c2c(Cl)cccc12)NC(C)=O. The number of aromatic amines is 1. The van der Waals surface area contributed by atoms with E-state index in [-0.39, 0.29) is 5.91 Å². The Bertz CT molecular complexity index is 651. The molecule has 0 saturated carbocycles. The van der Waals surface area contributed by atoms with Gasteiger partial charge in [0.25, 0.3) is 0 Å². The number of hydrogen-bond acceptors (Lipinski definition) is 3. The van der Waals surface area contributed by atoms with E-state index in [0.717, 1.165) is 16.5 Å². The number of rotatable bonds is 4. The fraction of sp³-hybridized carbons (Fsp3) is 0.286. The Morgan fingerprint density at radius 1 is 1.45 bits per heavy atom. The number of benzene rings is 1. The molecule has 2 rings (SSSR count). The third kappa shape index (κ3) is 2.93. The molecule has 0 bridgehead atoms. The van der Waals surface area contributed by atoms with E-state index in [0.29, 0.717) is 11.4 Å². The summed E-state index contributed by atoms with van der Waals surface area (Å²) in [7, 11) is 1.29. The Morgan fingerprint density at radius 3 is 2.85 bits per heavy atom. The van der Waals surface area contributed by atoms with Crippen molar-refractivity contribution in [1.82, 2.24) is 10.3 Å². The first-order chi connectivity index (χ1) is 9.52. The molecular weight excluding hydrogens is 280 g/mol. The van der Waals surface area contributed by atoms with Gasteiger partial charge in [-0.2, -0.15) is 0 Å². The average molecular weight is 295 g/mol. The Balaban J connectivity index is 2.31. The summed E-state index contributed by atoms with van der Waals surface area (Å²) < 4.78 is 4.71. The lowest BCUT2D eigenvalue weighted by atomic mass is 10.0. The fourth-order valence-corrected chi connectivity index (χ4v) is 2.37. The van der Waals surface area contributed by atoms with Crippen molar-refractivity contribution >= 4 is 34.4 Å². The first kappa shape index (κ1) is 14.4. The summed E-state index contributed by atoms with van der Waals surface area (Å²) in [5, 5.41) is 4.13. The van der Waals surface area contributed by atoms with E-state index in [1.807, 2.05) is 12.1 Å². The minimum absolute atomic E-state index is 0.279. The lowest BCUT2D eigenvalue weighted by Crippen LogP contribution is -2.41. The zero-order valence-electron chi connectivity index (χ0n) is 11.2. The smallest absolute Gasteiger partial charge is 0.328 e. The number of carbonyl (C=O) groups excluding carboxylic acids is 2. The minimum atomic E-state index is -0.713. The number of nitrogens with one attached hydrogen (secondary N) is 2. The molecule has 6 heteroatoms. The van der Waals surface area contributed by atoms with Crippen LogP contribution in [0.4, 0.5) is 0 Å². The van der Waals surface area contributed by atoms with E-state index in [1.54, 1.807) is 12.3 Å². The van der Waals surface area contributed by atoms with Crippen LogP contribution in [-0.2, 0) is 20.7 Å². The molecule has 1 heterocycles. The van der Waals surface area contributed by atoms with Crippen LogP contribution in [0.25, 0.3) is 10.9 Å². The number of halogens is 1. The highest BCUT2D eigenvalue weighted by atomic mass is 35.5. The van der Waals surface area contributed by atoms with E-state index in [9.17, 15) is 9.59 Å². The second kappa shape index (κ2) is 5.96. The zero-order chi connectivity index (χ0) is 14.7. The van der Waals surface area contributed by atoms with Gasteiger partial charge in [-0.25, -0.2) is 4.79 Å². The maximum atomic E-state index is 11.7. The monoisotopic (exact) mass is 294 g/mol. The van der Waals surface area contributed by atoms with Crippen molar-refractivity contribution in [3.05, 3.63) is 35.0 Å². The summed E-state index contributed by atoms with van der Waals surface area (Å²) >= 11 is 6.09. The van der Waals surface area contributed by atoms with Crippen LogP contribution in [-0.4, -0.2) is 30.0 Å². The van der Waals surface area contributed by atoms with Gasteiger partial charge in [-0.3, -0.25) is 4.79 Å². The number of methoxy groups -OCH3 is 1. The van der Waals surface area contributed by atoms with Crippen LogP contribution >= 0.6 is 11.6 Å². The van der Waals surface area contributed by atoms with Crippen LogP contribution in [0.15, 0.2) is 24.4 Å². The molecule has 1 atom stereocenters. The quantitative estimate of drug-likeness (QED) is 0.848. The topological polar surface area (TPSA) is 71.2 Å². The van der Waals surface area contributed by atoms with Gasteiger partial charge in [0, 0.05) is 24.9 Å². The lowest BCUT2D eigenvalue weighted by molar-refractivity contribution is -0.144. The van der Waals surface area contributed by atoms with Crippen LogP contribution < -0.4 is 5.32 Å². The molecule has 1 aromatic heterocycles. The Hall–Kier alpha value is -2.01. The molecule has 20 heavy (non-hydrogen) atoms. The van der Waals surface area contributed by atoms with Gasteiger partial charge >= 0.3 is 5.97 Å². The van der Waals surface area contributed by atoms with Gasteiger partial charge in [0.05, 0.1) is 17.6 Å². The van der Waals surface area contributed by atoms with Crippen molar-refractivity contribution in [2.45, 2.75) is 19.4 Å². The number of hydrogen-bond donors (Lipinski definition) is 2. The predicted octanol–water partition coefficient (Wildman–Crippen LogP) is 2.04. The van der Waals surface area contributed by atoms with E-state index in [4.69, 9.17) is 16.3 Å². The molecule has 0 aliphatic heterocycles. The highest BCUT2D eigenvalue weighted by Crippen LogP contribution is 2.26. The van der Waals surface area contributed by atoms with Gasteiger partial charge < -0.3 is 15.0 Å². The van der Waals surface area contributed by atoms with E-state index >= 15 is 0 Å². The largest absolute Gasteiger partial charge is 0.467 e. The maximum absolute atomic E-state index is 11.7. The molecule has 0 fully saturated rings. The molecule has 1 amide bonds. The number of H-pyrrole nitrogens is 1. The molecule has 5 nitrogen and oxygen atoms in total. The molecule has 2 aromatic rings. The molecule has 0 saturated heterocycles. The molecular formula is C14H15ClN2O3. The number of ether oxygens (including phenoxy) is 1. The zero-order valence-corrected chi connectivity index (χ0v) is 12.0. The van der Waals surface area contributed by atoms with Gasteiger partial charge in [0.15, 0.2) is 0 Å². The molecule has 0 radical (unpaired) electrons. The van der Waals surface area contributed by atoms with E-state index in [2.05, 4.69) is 10.3 Å². The van der Waals surface area contributed by atoms with Crippen molar-refractivity contribution < 1.29 is 14.3 Å². The summed E-state index contributed by atoms with van der Waals surface area (Å²) in [6.07, 6.45) is 2.13. The average Bonchev–Trinajstić information content (AvgIpc) is 2.81. The normalized spacial score (nSPS) is 12.2. The van der Waals surface area contributed by atoms with Crippen molar-refractivity contribution in [3.63, 3.8) is 0 Å². The van der Waals surface area contributed by atoms with Crippen molar-refractivity contribution in [1.29, 1.82) is 0 Å². The van der Waals surface area contributed by atoms with Crippen molar-refractivity contribution in [2.75, 3.05) is 7.11 Å². The highest BCUT2D eigenvalue weighted by molar-refractivity contribution is 6.35. The molecule has 106 valence electrons. The van der Waals surface area contributed by atoms with Crippen LogP contribution in [0, 0.1) is 0 Å². The highest BCUT2D eigenvalue weighted by Gasteiger charge is 2.22. The molecule has 0 aliphatic carbocycles. The maximum Gasteiger partial charge on any atom is 0.328 e.